The van der Waals surface area contributed by atoms with E-state index in [2.05, 4.69) is 5.32 Å². The molecule has 1 saturated heterocycles. The molecule has 2 aromatic rings. The first kappa shape index (κ1) is 17.0. The number of hydrogen-bond donors (Lipinski definition) is 1. The Balaban J connectivity index is 1.66. The van der Waals surface area contributed by atoms with E-state index in [4.69, 9.17) is 4.74 Å². The minimum absolute atomic E-state index is 0.241. The van der Waals surface area contributed by atoms with Gasteiger partial charge in [0.15, 0.2) is 0 Å². The van der Waals surface area contributed by atoms with E-state index in [1.54, 1.807) is 42.5 Å². The molecule has 25 heavy (non-hydrogen) atoms. The summed E-state index contributed by atoms with van der Waals surface area (Å²) in [6.45, 7) is 2.80. The van der Waals surface area contributed by atoms with Crippen molar-refractivity contribution in [1.82, 2.24) is 5.32 Å². The third-order valence-corrected chi connectivity index (χ3v) is 4.08. The first-order valence-corrected chi connectivity index (χ1v) is 8.19. The summed E-state index contributed by atoms with van der Waals surface area (Å²) < 4.78 is 19.2. The number of halogens is 1. The van der Waals surface area contributed by atoms with Crippen LogP contribution in [0.3, 0.4) is 0 Å². The molecule has 1 fully saturated rings. The Kier molecular flexibility index (Phi) is 4.97. The summed E-state index contributed by atoms with van der Waals surface area (Å²) in [7, 11) is 0. The van der Waals surface area contributed by atoms with Crippen LogP contribution in [0.1, 0.15) is 23.7 Å². The van der Waals surface area contributed by atoms with Crippen molar-refractivity contribution in [2.24, 2.45) is 0 Å². The second kappa shape index (κ2) is 7.34. The van der Waals surface area contributed by atoms with Crippen LogP contribution in [0, 0.1) is 5.82 Å². The number of rotatable bonds is 5. The van der Waals surface area contributed by atoms with E-state index in [0.717, 1.165) is 0 Å². The minimum Gasteiger partial charge on any atom is -0.494 e. The van der Waals surface area contributed by atoms with E-state index in [9.17, 15) is 14.0 Å². The van der Waals surface area contributed by atoms with Crippen molar-refractivity contribution >= 4 is 17.5 Å². The molecule has 1 aliphatic rings. The maximum Gasteiger partial charge on any atom is 0.251 e. The van der Waals surface area contributed by atoms with Gasteiger partial charge in [0.1, 0.15) is 17.6 Å². The zero-order chi connectivity index (χ0) is 17.8. The number of para-hydroxylation sites is 1. The molecule has 1 N–H and O–H groups in total. The highest BCUT2D eigenvalue weighted by molar-refractivity contribution is 6.04. The molecule has 6 heteroatoms. The number of nitrogens with zero attached hydrogens (tertiary/aromatic N) is 1. The number of ether oxygens (including phenoxy) is 1. The first-order chi connectivity index (χ1) is 12.1. The van der Waals surface area contributed by atoms with Gasteiger partial charge < -0.3 is 15.0 Å². The highest BCUT2D eigenvalue weighted by Crippen LogP contribution is 2.24. The van der Waals surface area contributed by atoms with Crippen LogP contribution < -0.4 is 15.0 Å². The third kappa shape index (κ3) is 3.63. The Bertz CT molecular complexity index is 776. The molecule has 2 aromatic carbocycles. The number of carbonyl (C=O) groups excluding carboxylic acids is 2. The Morgan fingerprint density at radius 1 is 1.24 bits per heavy atom. The Labute approximate surface area is 145 Å². The molecule has 0 bridgehead atoms. The third-order valence-electron chi connectivity index (χ3n) is 4.08. The van der Waals surface area contributed by atoms with Crippen LogP contribution in [0.5, 0.6) is 5.75 Å². The smallest absolute Gasteiger partial charge is 0.251 e. The van der Waals surface area contributed by atoms with Crippen molar-refractivity contribution in [3.8, 4) is 5.75 Å². The van der Waals surface area contributed by atoms with Gasteiger partial charge in [0.25, 0.3) is 5.91 Å². The molecule has 0 spiro atoms. The molecule has 1 heterocycles. The van der Waals surface area contributed by atoms with E-state index < -0.39 is 11.9 Å². The summed E-state index contributed by atoms with van der Waals surface area (Å²) in [6.07, 6.45) is 0.440. The normalized spacial score (nSPS) is 16.8. The number of hydrogen-bond acceptors (Lipinski definition) is 3. The molecule has 2 amide bonds. The van der Waals surface area contributed by atoms with Gasteiger partial charge in [0.2, 0.25) is 5.91 Å². The van der Waals surface area contributed by atoms with E-state index in [1.165, 1.54) is 11.0 Å². The van der Waals surface area contributed by atoms with Gasteiger partial charge >= 0.3 is 0 Å². The second-order valence-electron chi connectivity index (χ2n) is 5.71. The average Bonchev–Trinajstić information content (AvgIpc) is 2.97. The predicted molar refractivity (Wildman–Crippen MR) is 92.2 cm³/mol. The van der Waals surface area contributed by atoms with Gasteiger partial charge in [-0.25, -0.2) is 4.39 Å². The molecule has 1 aliphatic heterocycles. The maximum absolute atomic E-state index is 13.9. The van der Waals surface area contributed by atoms with Gasteiger partial charge in [-0.2, -0.15) is 0 Å². The van der Waals surface area contributed by atoms with Gasteiger partial charge in [0, 0.05) is 12.1 Å². The van der Waals surface area contributed by atoms with Crippen LogP contribution in [-0.4, -0.2) is 31.0 Å². The molecular formula is C19H19FN2O3. The molecule has 1 unspecified atom stereocenters. The summed E-state index contributed by atoms with van der Waals surface area (Å²) >= 11 is 0. The molecule has 0 radical (unpaired) electrons. The molecule has 5 nitrogen and oxygen atoms in total. The second-order valence-corrected chi connectivity index (χ2v) is 5.71. The standard InChI is InChI=1S/C19H19FN2O3/c1-2-25-14-9-7-13(8-10-14)18(23)21-16-11-12-22(19(16)24)17-6-4-3-5-15(17)20/h3-10,16H,2,11-12H2,1H3,(H,21,23). The average molecular weight is 342 g/mol. The predicted octanol–water partition coefficient (Wildman–Crippen LogP) is 2.76. The lowest BCUT2D eigenvalue weighted by Crippen LogP contribution is -2.41. The van der Waals surface area contributed by atoms with Crippen LogP contribution in [0.15, 0.2) is 48.5 Å². The van der Waals surface area contributed by atoms with Crippen molar-refractivity contribution in [3.05, 3.63) is 59.9 Å². The van der Waals surface area contributed by atoms with Crippen molar-refractivity contribution in [2.45, 2.75) is 19.4 Å². The lowest BCUT2D eigenvalue weighted by atomic mass is 10.1. The van der Waals surface area contributed by atoms with E-state index in [1.807, 2.05) is 6.92 Å². The van der Waals surface area contributed by atoms with Crippen molar-refractivity contribution < 1.29 is 18.7 Å². The quantitative estimate of drug-likeness (QED) is 0.909. The summed E-state index contributed by atoms with van der Waals surface area (Å²) in [5.74, 6) is -0.405. The SMILES string of the molecule is CCOc1ccc(C(=O)NC2CCN(c3ccccc3F)C2=O)cc1. The summed E-state index contributed by atoms with van der Waals surface area (Å²) in [5, 5.41) is 2.72. The molecule has 0 aromatic heterocycles. The van der Waals surface area contributed by atoms with Crippen LogP contribution in [0.4, 0.5) is 10.1 Å². The summed E-state index contributed by atoms with van der Waals surface area (Å²) in [6, 6.07) is 12.2. The topological polar surface area (TPSA) is 58.6 Å². The van der Waals surface area contributed by atoms with Gasteiger partial charge in [0.05, 0.1) is 12.3 Å². The fourth-order valence-electron chi connectivity index (χ4n) is 2.83. The van der Waals surface area contributed by atoms with E-state index >= 15 is 0 Å². The largest absolute Gasteiger partial charge is 0.494 e. The van der Waals surface area contributed by atoms with Crippen molar-refractivity contribution in [2.75, 3.05) is 18.1 Å². The fraction of sp³-hybridized carbons (Fsp3) is 0.263. The van der Waals surface area contributed by atoms with Gasteiger partial charge in [-0.1, -0.05) is 12.1 Å². The number of benzene rings is 2. The highest BCUT2D eigenvalue weighted by atomic mass is 19.1. The number of anilines is 1. The lowest BCUT2D eigenvalue weighted by Gasteiger charge is -2.18. The first-order valence-electron chi connectivity index (χ1n) is 8.19. The molecule has 0 saturated carbocycles. The highest BCUT2D eigenvalue weighted by Gasteiger charge is 2.34. The summed E-state index contributed by atoms with van der Waals surface area (Å²) in [4.78, 5) is 26.2. The van der Waals surface area contributed by atoms with Gasteiger partial charge in [-0.15, -0.1) is 0 Å². The van der Waals surface area contributed by atoms with Crippen LogP contribution >= 0.6 is 0 Å². The minimum atomic E-state index is -0.654. The number of amides is 2. The molecule has 3 rings (SSSR count). The number of nitrogens with one attached hydrogen (secondary N) is 1. The summed E-state index contributed by atoms with van der Waals surface area (Å²) in [5.41, 5.74) is 0.686. The Hall–Kier alpha value is -2.89. The van der Waals surface area contributed by atoms with Gasteiger partial charge in [-0.05, 0) is 49.7 Å². The molecule has 0 aliphatic carbocycles. The monoisotopic (exact) mass is 342 g/mol. The zero-order valence-electron chi connectivity index (χ0n) is 13.9. The number of carbonyl (C=O) groups is 2. The van der Waals surface area contributed by atoms with Crippen molar-refractivity contribution in [1.29, 1.82) is 0 Å². The Morgan fingerprint density at radius 2 is 1.96 bits per heavy atom. The van der Waals surface area contributed by atoms with Crippen molar-refractivity contribution in [3.63, 3.8) is 0 Å². The maximum atomic E-state index is 13.9. The molecule has 1 atom stereocenters. The Morgan fingerprint density at radius 3 is 2.64 bits per heavy atom. The lowest BCUT2D eigenvalue weighted by molar-refractivity contribution is -0.118. The fourth-order valence-corrected chi connectivity index (χ4v) is 2.83. The molecule has 130 valence electrons. The van der Waals surface area contributed by atoms with E-state index in [0.29, 0.717) is 30.9 Å². The van der Waals surface area contributed by atoms with Crippen LogP contribution in [0.2, 0.25) is 0 Å². The molecular weight excluding hydrogens is 323 g/mol. The van der Waals surface area contributed by atoms with Crippen LogP contribution in [0.25, 0.3) is 0 Å². The van der Waals surface area contributed by atoms with E-state index in [-0.39, 0.29) is 17.5 Å². The van der Waals surface area contributed by atoms with Gasteiger partial charge in [-0.3, -0.25) is 9.59 Å². The van der Waals surface area contributed by atoms with Crippen LogP contribution in [-0.2, 0) is 4.79 Å². The zero-order valence-corrected chi connectivity index (χ0v) is 13.9.